The number of rotatable bonds is 1. The van der Waals surface area contributed by atoms with Crippen LogP contribution in [0.4, 0.5) is 14.6 Å². The van der Waals surface area contributed by atoms with Crippen molar-refractivity contribution in [1.82, 2.24) is 4.98 Å². The second-order valence-corrected chi connectivity index (χ2v) is 4.81. The third-order valence-corrected chi connectivity index (χ3v) is 3.38. The van der Waals surface area contributed by atoms with Crippen LogP contribution in [0, 0.1) is 3.57 Å². The molecule has 0 spiro atoms. The smallest absolute Gasteiger partial charge is 0.251 e. The molecular formula is C10H11F2IN2. The van der Waals surface area contributed by atoms with Gasteiger partial charge < -0.3 is 4.90 Å². The van der Waals surface area contributed by atoms with Crippen LogP contribution >= 0.6 is 22.6 Å². The molecule has 82 valence electrons. The molecule has 0 unspecified atom stereocenters. The molecule has 0 amide bonds. The van der Waals surface area contributed by atoms with Gasteiger partial charge in [-0.3, -0.25) is 0 Å². The van der Waals surface area contributed by atoms with Gasteiger partial charge >= 0.3 is 0 Å². The van der Waals surface area contributed by atoms with E-state index in [9.17, 15) is 8.78 Å². The highest BCUT2D eigenvalue weighted by molar-refractivity contribution is 14.1. The predicted octanol–water partition coefficient (Wildman–Crippen LogP) is 2.92. The maximum atomic E-state index is 12.9. The van der Waals surface area contributed by atoms with Crippen LogP contribution in [0.25, 0.3) is 0 Å². The Morgan fingerprint density at radius 1 is 1.33 bits per heavy atom. The van der Waals surface area contributed by atoms with Gasteiger partial charge in [-0.25, -0.2) is 13.8 Å². The molecule has 1 aromatic rings. The summed E-state index contributed by atoms with van der Waals surface area (Å²) in [7, 11) is 0. The molecular weight excluding hydrogens is 313 g/mol. The van der Waals surface area contributed by atoms with Crippen molar-refractivity contribution < 1.29 is 8.78 Å². The van der Waals surface area contributed by atoms with Crippen LogP contribution in [-0.4, -0.2) is 24.0 Å². The second-order valence-electron chi connectivity index (χ2n) is 3.65. The first-order valence-corrected chi connectivity index (χ1v) is 5.90. The number of halogens is 3. The number of anilines is 1. The van der Waals surface area contributed by atoms with Gasteiger partial charge in [0, 0.05) is 32.1 Å². The fourth-order valence-electron chi connectivity index (χ4n) is 1.66. The minimum atomic E-state index is -2.49. The summed E-state index contributed by atoms with van der Waals surface area (Å²) in [6, 6.07) is 3.79. The van der Waals surface area contributed by atoms with E-state index in [2.05, 4.69) is 27.6 Å². The van der Waals surface area contributed by atoms with Gasteiger partial charge in [0.25, 0.3) is 5.92 Å². The van der Waals surface area contributed by atoms with E-state index in [0.717, 1.165) is 9.39 Å². The Bertz CT molecular complexity index is 347. The predicted molar refractivity (Wildman–Crippen MR) is 63.3 cm³/mol. The average Bonchev–Trinajstić information content (AvgIpc) is 2.19. The van der Waals surface area contributed by atoms with Gasteiger partial charge in [0.05, 0.1) is 3.57 Å². The molecule has 0 bridgehead atoms. The Morgan fingerprint density at radius 3 is 2.60 bits per heavy atom. The molecule has 2 heterocycles. The first-order valence-electron chi connectivity index (χ1n) is 4.82. The Hall–Kier alpha value is -0.460. The summed E-state index contributed by atoms with van der Waals surface area (Å²) in [6.07, 6.45) is 1.56. The molecule has 1 aliphatic rings. The molecule has 2 nitrogen and oxygen atoms in total. The molecule has 0 radical (unpaired) electrons. The molecule has 0 atom stereocenters. The van der Waals surface area contributed by atoms with Crippen LogP contribution in [0.15, 0.2) is 18.3 Å². The summed E-state index contributed by atoms with van der Waals surface area (Å²) < 4.78 is 26.9. The number of nitrogens with zero attached hydrogens (tertiary/aromatic N) is 2. The first-order chi connectivity index (χ1) is 7.08. The van der Waals surface area contributed by atoms with Crippen molar-refractivity contribution in [2.24, 2.45) is 0 Å². The fraction of sp³-hybridized carbons (Fsp3) is 0.500. The zero-order valence-electron chi connectivity index (χ0n) is 8.09. The topological polar surface area (TPSA) is 16.1 Å². The molecule has 0 aliphatic carbocycles. The SMILES string of the molecule is FC1(F)CCN(c2ncccc2I)CC1. The summed E-state index contributed by atoms with van der Waals surface area (Å²) in [5, 5.41) is 0. The average molecular weight is 324 g/mol. The van der Waals surface area contributed by atoms with Crippen molar-refractivity contribution in [2.75, 3.05) is 18.0 Å². The Kier molecular flexibility index (Phi) is 3.08. The minimum absolute atomic E-state index is 0.0698. The molecule has 0 N–H and O–H groups in total. The number of hydrogen-bond donors (Lipinski definition) is 0. The fourth-order valence-corrected chi connectivity index (χ4v) is 2.34. The van der Waals surface area contributed by atoms with Crippen LogP contribution in [-0.2, 0) is 0 Å². The zero-order valence-corrected chi connectivity index (χ0v) is 10.2. The van der Waals surface area contributed by atoms with Crippen molar-refractivity contribution in [3.8, 4) is 0 Å². The summed E-state index contributed by atoms with van der Waals surface area (Å²) >= 11 is 2.18. The van der Waals surface area contributed by atoms with Crippen molar-refractivity contribution >= 4 is 28.4 Å². The summed E-state index contributed by atoms with van der Waals surface area (Å²) in [5.41, 5.74) is 0. The summed E-state index contributed by atoms with van der Waals surface area (Å²) in [5.74, 6) is -1.66. The van der Waals surface area contributed by atoms with Gasteiger partial charge in [-0.05, 0) is 34.7 Å². The molecule has 1 aliphatic heterocycles. The van der Waals surface area contributed by atoms with Crippen molar-refractivity contribution in [3.05, 3.63) is 21.9 Å². The minimum Gasteiger partial charge on any atom is -0.355 e. The van der Waals surface area contributed by atoms with Gasteiger partial charge in [0.1, 0.15) is 5.82 Å². The Labute approximate surface area is 101 Å². The third-order valence-electron chi connectivity index (χ3n) is 2.53. The molecule has 0 saturated carbocycles. The van der Waals surface area contributed by atoms with Crippen LogP contribution in [0.5, 0.6) is 0 Å². The quantitative estimate of drug-likeness (QED) is 0.739. The molecule has 1 fully saturated rings. The van der Waals surface area contributed by atoms with Crippen molar-refractivity contribution in [3.63, 3.8) is 0 Å². The lowest BCUT2D eigenvalue weighted by Crippen LogP contribution is -2.40. The molecule has 5 heteroatoms. The van der Waals surface area contributed by atoms with Gasteiger partial charge in [0.15, 0.2) is 0 Å². The summed E-state index contributed by atoms with van der Waals surface area (Å²) in [4.78, 5) is 6.15. The number of alkyl halides is 2. The standard InChI is InChI=1S/C10H11F2IN2/c11-10(12)3-6-15(7-4-10)9-8(13)2-1-5-14-9/h1-2,5H,3-4,6-7H2. The van der Waals surface area contributed by atoms with E-state index < -0.39 is 5.92 Å². The molecule has 0 aromatic carbocycles. The molecule has 15 heavy (non-hydrogen) atoms. The highest BCUT2D eigenvalue weighted by Gasteiger charge is 2.34. The van der Waals surface area contributed by atoms with Gasteiger partial charge in [-0.15, -0.1) is 0 Å². The maximum Gasteiger partial charge on any atom is 0.251 e. The largest absolute Gasteiger partial charge is 0.355 e. The maximum absolute atomic E-state index is 12.9. The van der Waals surface area contributed by atoms with Gasteiger partial charge in [0.2, 0.25) is 0 Å². The van der Waals surface area contributed by atoms with E-state index in [1.165, 1.54) is 0 Å². The van der Waals surface area contributed by atoms with Crippen LogP contribution in [0.2, 0.25) is 0 Å². The lowest BCUT2D eigenvalue weighted by Gasteiger charge is -2.32. The van der Waals surface area contributed by atoms with E-state index in [0.29, 0.717) is 13.1 Å². The van der Waals surface area contributed by atoms with E-state index in [-0.39, 0.29) is 12.8 Å². The number of hydrogen-bond acceptors (Lipinski definition) is 2. The normalized spacial score (nSPS) is 20.3. The highest BCUT2D eigenvalue weighted by atomic mass is 127. The van der Waals surface area contributed by atoms with Crippen molar-refractivity contribution in [1.29, 1.82) is 0 Å². The van der Waals surface area contributed by atoms with E-state index in [4.69, 9.17) is 0 Å². The first kappa shape index (κ1) is 11.0. The van der Waals surface area contributed by atoms with E-state index in [1.807, 2.05) is 17.0 Å². The second kappa shape index (κ2) is 4.19. The van der Waals surface area contributed by atoms with E-state index in [1.54, 1.807) is 6.20 Å². The van der Waals surface area contributed by atoms with Crippen LogP contribution < -0.4 is 4.90 Å². The highest BCUT2D eigenvalue weighted by Crippen LogP contribution is 2.31. The number of aromatic nitrogens is 1. The van der Waals surface area contributed by atoms with E-state index >= 15 is 0 Å². The molecule has 1 aromatic heterocycles. The van der Waals surface area contributed by atoms with Crippen molar-refractivity contribution in [2.45, 2.75) is 18.8 Å². The molecule has 2 rings (SSSR count). The Balaban J connectivity index is 2.11. The monoisotopic (exact) mass is 324 g/mol. The van der Waals surface area contributed by atoms with Gasteiger partial charge in [-0.1, -0.05) is 0 Å². The lowest BCUT2D eigenvalue weighted by molar-refractivity contribution is -0.0221. The lowest BCUT2D eigenvalue weighted by atomic mass is 10.1. The Morgan fingerprint density at radius 2 is 2.00 bits per heavy atom. The van der Waals surface area contributed by atoms with Gasteiger partial charge in [-0.2, -0.15) is 0 Å². The summed E-state index contributed by atoms with van der Waals surface area (Å²) in [6.45, 7) is 0.778. The number of pyridine rings is 1. The molecule has 1 saturated heterocycles. The zero-order chi connectivity index (χ0) is 10.9. The van der Waals surface area contributed by atoms with Crippen LogP contribution in [0.3, 0.4) is 0 Å². The van der Waals surface area contributed by atoms with Crippen LogP contribution in [0.1, 0.15) is 12.8 Å². The number of piperidine rings is 1. The third kappa shape index (κ3) is 2.56.